The molecule has 21 heavy (non-hydrogen) atoms. The Morgan fingerprint density at radius 2 is 2.00 bits per heavy atom. The minimum absolute atomic E-state index is 0.111. The molecule has 2 atom stereocenters. The maximum atomic E-state index is 6.15. The first-order valence-corrected chi connectivity index (χ1v) is 8.19. The van der Waals surface area contributed by atoms with Gasteiger partial charge in [0.15, 0.2) is 0 Å². The number of methoxy groups -OCH3 is 1. The van der Waals surface area contributed by atoms with Crippen molar-refractivity contribution in [3.63, 3.8) is 0 Å². The van der Waals surface area contributed by atoms with Crippen molar-refractivity contribution in [2.75, 3.05) is 20.2 Å². The van der Waals surface area contributed by atoms with E-state index in [4.69, 9.17) is 10.5 Å². The molecule has 0 saturated carbocycles. The molecule has 1 heterocycles. The van der Waals surface area contributed by atoms with Crippen molar-refractivity contribution in [2.24, 2.45) is 5.73 Å². The summed E-state index contributed by atoms with van der Waals surface area (Å²) < 4.78 is 5.22. The fourth-order valence-corrected chi connectivity index (χ4v) is 3.47. The van der Waals surface area contributed by atoms with Crippen LogP contribution in [0, 0.1) is 0 Å². The van der Waals surface area contributed by atoms with E-state index in [9.17, 15) is 0 Å². The standard InChI is InChI=1S/C18H30N2O/c1-15-6-4-5-13-20(15)18(2,14-19)12-11-16-7-9-17(21-3)10-8-16/h7-10,15H,4-6,11-14,19H2,1-3H3. The molecule has 0 bridgehead atoms. The van der Waals surface area contributed by atoms with Crippen LogP contribution in [-0.4, -0.2) is 36.7 Å². The van der Waals surface area contributed by atoms with Crippen LogP contribution in [0.4, 0.5) is 0 Å². The zero-order chi connectivity index (χ0) is 15.3. The van der Waals surface area contributed by atoms with Crippen molar-refractivity contribution in [1.29, 1.82) is 0 Å². The predicted molar refractivity (Wildman–Crippen MR) is 88.8 cm³/mol. The molecule has 0 aromatic heterocycles. The second kappa shape index (κ2) is 7.28. The van der Waals surface area contributed by atoms with E-state index in [0.29, 0.717) is 6.04 Å². The van der Waals surface area contributed by atoms with Gasteiger partial charge in [-0.25, -0.2) is 0 Å². The molecule has 2 rings (SSSR count). The van der Waals surface area contributed by atoms with E-state index in [1.54, 1.807) is 7.11 Å². The zero-order valence-corrected chi connectivity index (χ0v) is 13.8. The van der Waals surface area contributed by atoms with Crippen molar-refractivity contribution in [1.82, 2.24) is 4.90 Å². The van der Waals surface area contributed by atoms with Crippen LogP contribution >= 0.6 is 0 Å². The lowest BCUT2D eigenvalue weighted by molar-refractivity contribution is 0.0360. The lowest BCUT2D eigenvalue weighted by Crippen LogP contribution is -2.57. The molecule has 3 heteroatoms. The fourth-order valence-electron chi connectivity index (χ4n) is 3.47. The number of piperidine rings is 1. The Bertz CT molecular complexity index is 431. The SMILES string of the molecule is COc1ccc(CCC(C)(CN)N2CCCCC2C)cc1. The molecule has 0 aliphatic carbocycles. The third-order valence-corrected chi connectivity index (χ3v) is 5.05. The van der Waals surface area contributed by atoms with E-state index >= 15 is 0 Å². The summed E-state index contributed by atoms with van der Waals surface area (Å²) in [5.41, 5.74) is 7.62. The van der Waals surface area contributed by atoms with Crippen LogP contribution in [0.25, 0.3) is 0 Å². The number of aryl methyl sites for hydroxylation is 1. The van der Waals surface area contributed by atoms with Gasteiger partial charge < -0.3 is 10.5 Å². The molecule has 1 aromatic rings. The van der Waals surface area contributed by atoms with E-state index in [1.165, 1.54) is 31.4 Å². The largest absolute Gasteiger partial charge is 0.497 e. The average Bonchev–Trinajstić information content (AvgIpc) is 2.53. The van der Waals surface area contributed by atoms with Gasteiger partial charge in [0.1, 0.15) is 5.75 Å². The van der Waals surface area contributed by atoms with E-state index in [1.807, 2.05) is 12.1 Å². The average molecular weight is 290 g/mol. The number of rotatable bonds is 6. The smallest absolute Gasteiger partial charge is 0.118 e. The van der Waals surface area contributed by atoms with E-state index in [2.05, 4.69) is 30.9 Å². The normalized spacial score (nSPS) is 22.8. The second-order valence-corrected chi connectivity index (χ2v) is 6.59. The van der Waals surface area contributed by atoms with Gasteiger partial charge in [-0.1, -0.05) is 18.6 Å². The Morgan fingerprint density at radius 1 is 1.29 bits per heavy atom. The van der Waals surface area contributed by atoms with Crippen molar-refractivity contribution in [2.45, 2.75) is 57.5 Å². The summed E-state index contributed by atoms with van der Waals surface area (Å²) in [6, 6.07) is 9.06. The van der Waals surface area contributed by atoms with Gasteiger partial charge in [-0.15, -0.1) is 0 Å². The highest BCUT2D eigenvalue weighted by Gasteiger charge is 2.34. The predicted octanol–water partition coefficient (Wildman–Crippen LogP) is 3.22. The lowest BCUT2D eigenvalue weighted by Gasteiger charge is -2.47. The summed E-state index contributed by atoms with van der Waals surface area (Å²) in [7, 11) is 1.71. The first kappa shape index (κ1) is 16.3. The molecule has 1 fully saturated rings. The van der Waals surface area contributed by atoms with Gasteiger partial charge in [0.05, 0.1) is 7.11 Å². The first-order valence-electron chi connectivity index (χ1n) is 8.19. The summed E-state index contributed by atoms with van der Waals surface area (Å²) in [5, 5.41) is 0. The van der Waals surface area contributed by atoms with Crippen LogP contribution in [0.15, 0.2) is 24.3 Å². The Kier molecular flexibility index (Phi) is 5.65. The molecule has 0 radical (unpaired) electrons. The highest BCUT2D eigenvalue weighted by Crippen LogP contribution is 2.29. The number of nitrogens with two attached hydrogens (primary N) is 1. The van der Waals surface area contributed by atoms with Crippen LogP contribution in [0.2, 0.25) is 0 Å². The highest BCUT2D eigenvalue weighted by atomic mass is 16.5. The summed E-state index contributed by atoms with van der Waals surface area (Å²) in [5.74, 6) is 0.921. The quantitative estimate of drug-likeness (QED) is 0.874. The van der Waals surface area contributed by atoms with Crippen molar-refractivity contribution < 1.29 is 4.74 Å². The number of hydrogen-bond acceptors (Lipinski definition) is 3. The molecular weight excluding hydrogens is 260 g/mol. The van der Waals surface area contributed by atoms with Crippen LogP contribution in [0.3, 0.4) is 0 Å². The molecule has 2 N–H and O–H groups in total. The first-order chi connectivity index (χ1) is 10.1. The number of likely N-dealkylation sites (tertiary alicyclic amines) is 1. The molecule has 1 aliphatic rings. The minimum Gasteiger partial charge on any atom is -0.497 e. The summed E-state index contributed by atoms with van der Waals surface area (Å²) in [6.07, 6.45) is 6.15. The van der Waals surface area contributed by atoms with E-state index < -0.39 is 0 Å². The Labute approximate surface area is 129 Å². The van der Waals surface area contributed by atoms with Crippen LogP contribution < -0.4 is 10.5 Å². The number of nitrogens with zero attached hydrogens (tertiary/aromatic N) is 1. The van der Waals surface area contributed by atoms with Crippen molar-refractivity contribution in [3.05, 3.63) is 29.8 Å². The lowest BCUT2D eigenvalue weighted by atomic mass is 9.87. The van der Waals surface area contributed by atoms with Gasteiger partial charge in [0.25, 0.3) is 0 Å². The molecule has 118 valence electrons. The second-order valence-electron chi connectivity index (χ2n) is 6.59. The van der Waals surface area contributed by atoms with Gasteiger partial charge in [0.2, 0.25) is 0 Å². The molecule has 1 aromatic carbocycles. The maximum Gasteiger partial charge on any atom is 0.118 e. The van der Waals surface area contributed by atoms with Crippen molar-refractivity contribution in [3.8, 4) is 5.75 Å². The van der Waals surface area contributed by atoms with Gasteiger partial charge >= 0.3 is 0 Å². The number of ether oxygens (including phenoxy) is 1. The fraction of sp³-hybridized carbons (Fsp3) is 0.667. The third kappa shape index (κ3) is 3.98. The summed E-state index contributed by atoms with van der Waals surface area (Å²) >= 11 is 0. The maximum absolute atomic E-state index is 6.15. The van der Waals surface area contributed by atoms with Gasteiger partial charge in [-0.05, 0) is 63.8 Å². The summed E-state index contributed by atoms with van der Waals surface area (Å²) in [6.45, 7) is 6.60. The van der Waals surface area contributed by atoms with Crippen LogP contribution in [0.1, 0.15) is 45.1 Å². The van der Waals surface area contributed by atoms with Crippen LogP contribution in [0.5, 0.6) is 5.75 Å². The number of hydrogen-bond donors (Lipinski definition) is 1. The van der Waals surface area contributed by atoms with Gasteiger partial charge in [0, 0.05) is 18.1 Å². The summed E-state index contributed by atoms with van der Waals surface area (Å²) in [4.78, 5) is 2.64. The Balaban J connectivity index is 1.99. The van der Waals surface area contributed by atoms with Crippen LogP contribution in [-0.2, 0) is 6.42 Å². The Morgan fingerprint density at radius 3 is 2.57 bits per heavy atom. The zero-order valence-electron chi connectivity index (χ0n) is 13.8. The minimum atomic E-state index is 0.111. The molecule has 1 aliphatic heterocycles. The molecule has 0 spiro atoms. The van der Waals surface area contributed by atoms with E-state index in [-0.39, 0.29) is 5.54 Å². The third-order valence-electron chi connectivity index (χ3n) is 5.05. The molecule has 1 saturated heterocycles. The molecule has 3 nitrogen and oxygen atoms in total. The molecular formula is C18H30N2O. The van der Waals surface area contributed by atoms with Gasteiger partial charge in [-0.3, -0.25) is 4.90 Å². The molecule has 0 amide bonds. The topological polar surface area (TPSA) is 38.5 Å². The van der Waals surface area contributed by atoms with E-state index in [0.717, 1.165) is 25.1 Å². The van der Waals surface area contributed by atoms with Crippen molar-refractivity contribution >= 4 is 0 Å². The number of benzene rings is 1. The Hall–Kier alpha value is -1.06. The highest BCUT2D eigenvalue weighted by molar-refractivity contribution is 5.27. The van der Waals surface area contributed by atoms with Gasteiger partial charge in [-0.2, -0.15) is 0 Å². The molecule has 2 unspecified atom stereocenters. The monoisotopic (exact) mass is 290 g/mol.